The Morgan fingerprint density at radius 2 is 1.75 bits per heavy atom. The van der Waals surface area contributed by atoms with E-state index in [2.05, 4.69) is 20.8 Å². The maximum Gasteiger partial charge on any atom is 0.142 e. The summed E-state index contributed by atoms with van der Waals surface area (Å²) in [6, 6.07) is 0. The molecular weight excluding hydrogens is 274 g/mol. The average molecular weight is 296 g/mol. The normalized spacial score (nSPS) is 24.9. The van der Waals surface area contributed by atoms with Crippen molar-refractivity contribution in [1.29, 1.82) is 0 Å². The summed E-state index contributed by atoms with van der Waals surface area (Å²) in [6.45, 7) is 7.07. The Kier molecular flexibility index (Phi) is 3.59. The summed E-state index contributed by atoms with van der Waals surface area (Å²) < 4.78 is 12.0. The number of nitrogens with two attached hydrogens (primary N) is 1. The standard InChI is InChI=1S/C16H22ClNO2/c1-8(4-5-18)13-11-6-9(2)20-16(11)14(17)12-7-10(3)19-15(12)13/h8-10H,4-7,18H2,1-3H3. The molecule has 1 aromatic rings. The van der Waals surface area contributed by atoms with Gasteiger partial charge in [0.2, 0.25) is 0 Å². The average Bonchev–Trinajstić information content (AvgIpc) is 2.93. The van der Waals surface area contributed by atoms with Crippen LogP contribution in [-0.4, -0.2) is 18.8 Å². The lowest BCUT2D eigenvalue weighted by Gasteiger charge is -2.20. The summed E-state index contributed by atoms with van der Waals surface area (Å²) in [5.74, 6) is 2.26. The van der Waals surface area contributed by atoms with Gasteiger partial charge in [0.1, 0.15) is 23.7 Å². The van der Waals surface area contributed by atoms with E-state index in [1.165, 1.54) is 11.1 Å². The smallest absolute Gasteiger partial charge is 0.142 e. The minimum Gasteiger partial charge on any atom is -0.490 e. The number of rotatable bonds is 3. The molecule has 2 aliphatic heterocycles. The fourth-order valence-corrected chi connectivity index (χ4v) is 3.73. The van der Waals surface area contributed by atoms with Crippen LogP contribution in [0.1, 0.15) is 49.8 Å². The third-order valence-corrected chi connectivity index (χ3v) is 4.70. The molecule has 2 aliphatic rings. The van der Waals surface area contributed by atoms with E-state index in [0.717, 1.165) is 41.3 Å². The molecule has 1 aromatic carbocycles. The molecule has 3 unspecified atom stereocenters. The largest absolute Gasteiger partial charge is 0.490 e. The van der Waals surface area contributed by atoms with E-state index >= 15 is 0 Å². The van der Waals surface area contributed by atoms with Crippen LogP contribution in [0.2, 0.25) is 5.02 Å². The predicted octanol–water partition coefficient (Wildman–Crippen LogP) is 3.44. The van der Waals surface area contributed by atoms with Crippen molar-refractivity contribution in [2.45, 2.75) is 58.2 Å². The maximum atomic E-state index is 6.55. The van der Waals surface area contributed by atoms with Gasteiger partial charge in [0.15, 0.2) is 0 Å². The van der Waals surface area contributed by atoms with Crippen LogP contribution in [0.15, 0.2) is 0 Å². The molecule has 0 spiro atoms. The van der Waals surface area contributed by atoms with E-state index in [4.69, 9.17) is 26.8 Å². The Morgan fingerprint density at radius 1 is 1.15 bits per heavy atom. The summed E-state index contributed by atoms with van der Waals surface area (Å²) in [4.78, 5) is 0. The summed E-state index contributed by atoms with van der Waals surface area (Å²) in [7, 11) is 0. The molecule has 0 fully saturated rings. The molecule has 0 saturated heterocycles. The van der Waals surface area contributed by atoms with Gasteiger partial charge < -0.3 is 15.2 Å². The molecule has 20 heavy (non-hydrogen) atoms. The molecule has 2 heterocycles. The van der Waals surface area contributed by atoms with E-state index in [1.54, 1.807) is 0 Å². The van der Waals surface area contributed by atoms with Crippen LogP contribution in [0.3, 0.4) is 0 Å². The molecule has 0 amide bonds. The summed E-state index contributed by atoms with van der Waals surface area (Å²) in [5.41, 5.74) is 9.37. The van der Waals surface area contributed by atoms with Gasteiger partial charge >= 0.3 is 0 Å². The van der Waals surface area contributed by atoms with Crippen molar-refractivity contribution in [2.24, 2.45) is 5.73 Å². The van der Waals surface area contributed by atoms with Gasteiger partial charge in [0.05, 0.1) is 5.02 Å². The first-order valence-electron chi connectivity index (χ1n) is 7.43. The number of halogens is 1. The Hall–Kier alpha value is -0.930. The Bertz CT molecular complexity index is 505. The second-order valence-corrected chi connectivity index (χ2v) is 6.46. The zero-order valence-electron chi connectivity index (χ0n) is 12.3. The molecule has 3 rings (SSSR count). The van der Waals surface area contributed by atoms with Crippen LogP contribution in [-0.2, 0) is 12.8 Å². The van der Waals surface area contributed by atoms with Gasteiger partial charge in [-0.1, -0.05) is 18.5 Å². The second-order valence-electron chi connectivity index (χ2n) is 6.09. The first kappa shape index (κ1) is 14.0. The molecule has 2 N–H and O–H groups in total. The maximum absolute atomic E-state index is 6.55. The lowest BCUT2D eigenvalue weighted by atomic mass is 9.88. The Balaban J connectivity index is 2.17. The van der Waals surface area contributed by atoms with E-state index in [1.807, 2.05) is 0 Å². The van der Waals surface area contributed by atoms with Crippen molar-refractivity contribution in [1.82, 2.24) is 0 Å². The Morgan fingerprint density at radius 3 is 2.40 bits per heavy atom. The number of fused-ring (bicyclic) bond motifs is 2. The Labute approximate surface area is 125 Å². The number of hydrogen-bond donors (Lipinski definition) is 1. The van der Waals surface area contributed by atoms with Crippen LogP contribution >= 0.6 is 11.6 Å². The SMILES string of the molecule is CC1Cc2c(c(Cl)c3c(c2C(C)CCN)OC(C)C3)O1. The van der Waals surface area contributed by atoms with Gasteiger partial charge in [-0.15, -0.1) is 0 Å². The minimum atomic E-state index is 0.186. The highest BCUT2D eigenvalue weighted by Crippen LogP contribution is 2.51. The van der Waals surface area contributed by atoms with Gasteiger partial charge in [0, 0.05) is 29.5 Å². The van der Waals surface area contributed by atoms with Crippen molar-refractivity contribution in [2.75, 3.05) is 6.54 Å². The fourth-order valence-electron chi connectivity index (χ4n) is 3.41. The molecule has 0 radical (unpaired) electrons. The molecule has 0 saturated carbocycles. The molecule has 0 aromatic heterocycles. The van der Waals surface area contributed by atoms with Gasteiger partial charge in [-0.05, 0) is 32.7 Å². The minimum absolute atomic E-state index is 0.186. The first-order chi connectivity index (χ1) is 9.52. The van der Waals surface area contributed by atoms with Gasteiger partial charge in [-0.3, -0.25) is 0 Å². The van der Waals surface area contributed by atoms with E-state index in [0.29, 0.717) is 12.5 Å². The summed E-state index contributed by atoms with van der Waals surface area (Å²) >= 11 is 6.55. The summed E-state index contributed by atoms with van der Waals surface area (Å²) in [5, 5.41) is 0.757. The highest BCUT2D eigenvalue weighted by molar-refractivity contribution is 6.33. The highest BCUT2D eigenvalue weighted by atomic mass is 35.5. The molecule has 110 valence electrons. The second kappa shape index (κ2) is 5.12. The lowest BCUT2D eigenvalue weighted by molar-refractivity contribution is 0.251. The number of hydrogen-bond acceptors (Lipinski definition) is 3. The van der Waals surface area contributed by atoms with Gasteiger partial charge in [0.25, 0.3) is 0 Å². The van der Waals surface area contributed by atoms with Crippen LogP contribution in [0, 0.1) is 0 Å². The van der Waals surface area contributed by atoms with E-state index in [-0.39, 0.29) is 12.2 Å². The van der Waals surface area contributed by atoms with Crippen molar-refractivity contribution in [3.63, 3.8) is 0 Å². The zero-order chi connectivity index (χ0) is 14.4. The van der Waals surface area contributed by atoms with Crippen molar-refractivity contribution < 1.29 is 9.47 Å². The quantitative estimate of drug-likeness (QED) is 0.929. The topological polar surface area (TPSA) is 44.5 Å². The van der Waals surface area contributed by atoms with Crippen molar-refractivity contribution in [3.05, 3.63) is 21.7 Å². The zero-order valence-corrected chi connectivity index (χ0v) is 13.1. The molecular formula is C16H22ClNO2. The summed E-state index contributed by atoms with van der Waals surface area (Å²) in [6.07, 6.45) is 3.09. The molecule has 0 bridgehead atoms. The van der Waals surface area contributed by atoms with Crippen molar-refractivity contribution in [3.8, 4) is 11.5 Å². The van der Waals surface area contributed by atoms with Gasteiger partial charge in [-0.2, -0.15) is 0 Å². The van der Waals surface area contributed by atoms with Crippen LogP contribution in [0.4, 0.5) is 0 Å². The molecule has 4 heteroatoms. The fraction of sp³-hybridized carbons (Fsp3) is 0.625. The molecule has 3 atom stereocenters. The highest BCUT2D eigenvalue weighted by Gasteiger charge is 2.36. The number of benzene rings is 1. The van der Waals surface area contributed by atoms with E-state index in [9.17, 15) is 0 Å². The molecule has 3 nitrogen and oxygen atoms in total. The monoisotopic (exact) mass is 295 g/mol. The third-order valence-electron chi connectivity index (χ3n) is 4.30. The van der Waals surface area contributed by atoms with E-state index < -0.39 is 0 Å². The van der Waals surface area contributed by atoms with Gasteiger partial charge in [-0.25, -0.2) is 0 Å². The van der Waals surface area contributed by atoms with Crippen molar-refractivity contribution >= 4 is 11.6 Å². The number of ether oxygens (including phenoxy) is 2. The third kappa shape index (κ3) is 2.08. The van der Waals surface area contributed by atoms with Crippen LogP contribution in [0.25, 0.3) is 0 Å². The first-order valence-corrected chi connectivity index (χ1v) is 7.81. The molecule has 0 aliphatic carbocycles. The predicted molar refractivity (Wildman–Crippen MR) is 81.1 cm³/mol. The lowest BCUT2D eigenvalue weighted by Crippen LogP contribution is -2.10. The van der Waals surface area contributed by atoms with Crippen LogP contribution < -0.4 is 15.2 Å². The van der Waals surface area contributed by atoms with Crippen LogP contribution in [0.5, 0.6) is 11.5 Å².